The van der Waals surface area contributed by atoms with Gasteiger partial charge in [-0.3, -0.25) is 0 Å². The van der Waals surface area contributed by atoms with Gasteiger partial charge in [0.05, 0.1) is 5.69 Å². The van der Waals surface area contributed by atoms with Crippen LogP contribution in [-0.2, 0) is 10.0 Å². The minimum Gasteiger partial charge on any atom is -0.344 e. The number of rotatable bonds is 5. The molecule has 0 amide bonds. The van der Waals surface area contributed by atoms with E-state index >= 15 is 0 Å². The zero-order valence-electron chi connectivity index (χ0n) is 11.4. The highest BCUT2D eigenvalue weighted by atomic mass is 32.2. The van der Waals surface area contributed by atoms with Gasteiger partial charge in [0.2, 0.25) is 10.0 Å². The minimum absolute atomic E-state index is 0.0371. The molecule has 0 atom stereocenters. The average molecular weight is 313 g/mol. The van der Waals surface area contributed by atoms with E-state index in [-0.39, 0.29) is 22.3 Å². The third kappa shape index (κ3) is 3.42. The van der Waals surface area contributed by atoms with E-state index in [0.717, 1.165) is 12.8 Å². The molecule has 2 N–H and O–H groups in total. The van der Waals surface area contributed by atoms with Crippen molar-refractivity contribution in [1.82, 2.24) is 4.72 Å². The monoisotopic (exact) mass is 313 g/mol. The van der Waals surface area contributed by atoms with Crippen molar-refractivity contribution in [2.75, 3.05) is 5.32 Å². The summed E-state index contributed by atoms with van der Waals surface area (Å²) in [6.07, 6.45) is 1.59. The Bertz CT molecular complexity index is 832. The van der Waals surface area contributed by atoms with Crippen LogP contribution in [0.4, 0.5) is 5.69 Å². The first-order valence-electron chi connectivity index (χ1n) is 6.34. The van der Waals surface area contributed by atoms with Gasteiger partial charge in [0.1, 0.15) is 28.8 Å². The number of sulfonamides is 1. The first-order valence-corrected chi connectivity index (χ1v) is 7.83. The Morgan fingerprint density at radius 2 is 1.73 bits per heavy atom. The van der Waals surface area contributed by atoms with E-state index in [1.54, 1.807) is 30.3 Å². The molecule has 1 fully saturated rings. The van der Waals surface area contributed by atoms with Crippen molar-refractivity contribution in [3.63, 3.8) is 0 Å². The summed E-state index contributed by atoms with van der Waals surface area (Å²) >= 11 is 0. The summed E-state index contributed by atoms with van der Waals surface area (Å²) in [6.45, 7) is 0. The van der Waals surface area contributed by atoms with Gasteiger partial charge in [-0.1, -0.05) is 12.1 Å². The number of allylic oxidation sites excluding steroid dienone is 2. The molecule has 1 aliphatic carbocycles. The molecule has 0 heterocycles. The second-order valence-electron chi connectivity index (χ2n) is 4.60. The molecule has 2 rings (SSSR count). The molecule has 110 valence electrons. The van der Waals surface area contributed by atoms with E-state index < -0.39 is 15.6 Å². The maximum Gasteiger partial charge on any atom is 0.242 e. The molecule has 0 bridgehead atoms. The van der Waals surface area contributed by atoms with Crippen molar-refractivity contribution >= 4 is 15.7 Å². The number of nitrogens with zero attached hydrogens (tertiary/aromatic N) is 3. The average Bonchev–Trinajstić information content (AvgIpc) is 3.31. The Morgan fingerprint density at radius 1 is 1.09 bits per heavy atom. The van der Waals surface area contributed by atoms with Crippen LogP contribution in [0.15, 0.2) is 40.4 Å². The molecule has 0 unspecified atom stereocenters. The van der Waals surface area contributed by atoms with Gasteiger partial charge in [-0.15, -0.1) is 0 Å². The highest BCUT2D eigenvalue weighted by Gasteiger charge is 2.29. The summed E-state index contributed by atoms with van der Waals surface area (Å²) in [5.74, 6) is 0. The molecule has 22 heavy (non-hydrogen) atoms. The quantitative estimate of drug-likeness (QED) is 0.789. The van der Waals surface area contributed by atoms with Crippen LogP contribution in [0.1, 0.15) is 12.8 Å². The molecule has 1 aromatic rings. The molecule has 1 saturated carbocycles. The molecule has 7 nitrogen and oxygen atoms in total. The predicted molar refractivity (Wildman–Crippen MR) is 77.3 cm³/mol. The van der Waals surface area contributed by atoms with E-state index in [1.807, 2.05) is 0 Å². The second kappa shape index (κ2) is 6.28. The predicted octanol–water partition coefficient (Wildman–Crippen LogP) is 1.36. The SMILES string of the molecule is N#CC(C#N)=C(C#N)Nc1ccccc1S(=O)(=O)NC1CC1. The summed E-state index contributed by atoms with van der Waals surface area (Å²) in [5, 5.41) is 29.2. The standard InChI is InChI=1S/C14H11N5O2S/c15-7-10(8-16)13(9-17)18-12-3-1-2-4-14(12)22(20,21)19-11-5-6-11/h1-4,11,18-19H,5-6H2. The fraction of sp³-hybridized carbons (Fsp3) is 0.214. The normalized spacial score (nSPS) is 13.3. The van der Waals surface area contributed by atoms with Gasteiger partial charge in [-0.2, -0.15) is 15.8 Å². The highest BCUT2D eigenvalue weighted by molar-refractivity contribution is 7.89. The smallest absolute Gasteiger partial charge is 0.242 e. The lowest BCUT2D eigenvalue weighted by Gasteiger charge is -2.12. The van der Waals surface area contributed by atoms with Gasteiger partial charge in [0, 0.05) is 6.04 Å². The molecule has 0 saturated heterocycles. The van der Waals surface area contributed by atoms with Gasteiger partial charge in [-0.25, -0.2) is 13.1 Å². The lowest BCUT2D eigenvalue weighted by atomic mass is 10.2. The molecule has 1 aliphatic rings. The third-order valence-corrected chi connectivity index (χ3v) is 4.50. The third-order valence-electron chi connectivity index (χ3n) is 2.92. The fourth-order valence-corrected chi connectivity index (χ4v) is 3.17. The molecule has 1 aromatic carbocycles. The van der Waals surface area contributed by atoms with E-state index in [4.69, 9.17) is 15.8 Å². The lowest BCUT2D eigenvalue weighted by Crippen LogP contribution is -2.26. The molecule has 8 heteroatoms. The molecule has 0 aliphatic heterocycles. The first-order chi connectivity index (χ1) is 10.5. The number of benzene rings is 1. The van der Waals surface area contributed by atoms with Crippen molar-refractivity contribution in [2.45, 2.75) is 23.8 Å². The number of hydrogen-bond donors (Lipinski definition) is 2. The van der Waals surface area contributed by atoms with Crippen LogP contribution in [0.2, 0.25) is 0 Å². The summed E-state index contributed by atoms with van der Waals surface area (Å²) in [6, 6.07) is 10.8. The first kappa shape index (κ1) is 15.5. The lowest BCUT2D eigenvalue weighted by molar-refractivity contribution is 0.581. The van der Waals surface area contributed by atoms with Gasteiger partial charge >= 0.3 is 0 Å². The van der Waals surface area contributed by atoms with Crippen molar-refractivity contribution in [1.29, 1.82) is 15.8 Å². The maximum atomic E-state index is 12.3. The molecule has 0 spiro atoms. The van der Waals surface area contributed by atoms with Crippen molar-refractivity contribution in [3.05, 3.63) is 35.5 Å². The van der Waals surface area contributed by atoms with E-state index in [0.29, 0.717) is 0 Å². The van der Waals surface area contributed by atoms with E-state index in [2.05, 4.69) is 10.0 Å². The largest absolute Gasteiger partial charge is 0.344 e. The Hall–Kier alpha value is -2.86. The minimum atomic E-state index is -3.73. The van der Waals surface area contributed by atoms with Gasteiger partial charge in [-0.05, 0) is 25.0 Å². The Kier molecular flexibility index (Phi) is 4.43. The summed E-state index contributed by atoms with van der Waals surface area (Å²) in [4.78, 5) is -0.0371. The van der Waals surface area contributed by atoms with Crippen LogP contribution in [0.5, 0.6) is 0 Å². The molecular weight excluding hydrogens is 302 g/mol. The zero-order chi connectivity index (χ0) is 16.2. The van der Waals surface area contributed by atoms with E-state index in [9.17, 15) is 8.42 Å². The topological polar surface area (TPSA) is 130 Å². The Balaban J connectivity index is 2.42. The van der Waals surface area contributed by atoms with Crippen LogP contribution >= 0.6 is 0 Å². The van der Waals surface area contributed by atoms with Crippen molar-refractivity contribution in [2.24, 2.45) is 0 Å². The van der Waals surface area contributed by atoms with Crippen molar-refractivity contribution < 1.29 is 8.42 Å². The van der Waals surface area contributed by atoms with Crippen LogP contribution in [0, 0.1) is 34.0 Å². The zero-order valence-corrected chi connectivity index (χ0v) is 12.2. The number of para-hydroxylation sites is 1. The van der Waals surface area contributed by atoms with Gasteiger partial charge in [0.25, 0.3) is 0 Å². The van der Waals surface area contributed by atoms with Crippen LogP contribution in [0.3, 0.4) is 0 Å². The second-order valence-corrected chi connectivity index (χ2v) is 6.28. The Labute approximate surface area is 128 Å². The number of hydrogen-bond acceptors (Lipinski definition) is 6. The van der Waals surface area contributed by atoms with Gasteiger partial charge in [0.15, 0.2) is 5.57 Å². The van der Waals surface area contributed by atoms with E-state index in [1.165, 1.54) is 12.1 Å². The number of nitrogens with one attached hydrogen (secondary N) is 2. The number of nitriles is 3. The summed E-state index contributed by atoms with van der Waals surface area (Å²) in [7, 11) is -3.73. The number of anilines is 1. The van der Waals surface area contributed by atoms with Crippen molar-refractivity contribution in [3.8, 4) is 18.2 Å². The fourth-order valence-electron chi connectivity index (χ4n) is 1.71. The summed E-state index contributed by atoms with van der Waals surface area (Å²) in [5.41, 5.74) is -0.570. The summed E-state index contributed by atoms with van der Waals surface area (Å²) < 4.78 is 27.1. The van der Waals surface area contributed by atoms with Crippen LogP contribution in [0.25, 0.3) is 0 Å². The van der Waals surface area contributed by atoms with Crippen LogP contribution < -0.4 is 10.0 Å². The molecule has 0 radical (unpaired) electrons. The van der Waals surface area contributed by atoms with Gasteiger partial charge < -0.3 is 5.32 Å². The van der Waals surface area contributed by atoms with Crippen LogP contribution in [-0.4, -0.2) is 14.5 Å². The molecular formula is C14H11N5O2S. The molecule has 0 aromatic heterocycles. The Morgan fingerprint density at radius 3 is 2.27 bits per heavy atom. The highest BCUT2D eigenvalue weighted by Crippen LogP contribution is 2.26. The maximum absolute atomic E-state index is 12.3.